The van der Waals surface area contributed by atoms with Crippen LogP contribution in [-0.4, -0.2) is 14.8 Å². The lowest BCUT2D eigenvalue weighted by Gasteiger charge is -2.24. The van der Waals surface area contributed by atoms with Gasteiger partial charge in [0.05, 0.1) is 0 Å². The maximum Gasteiger partial charge on any atom is 0.195 e. The highest BCUT2D eigenvalue weighted by Gasteiger charge is 2.33. The first-order chi connectivity index (χ1) is 7.68. The molecule has 2 fully saturated rings. The molecule has 16 heavy (non-hydrogen) atoms. The maximum absolute atomic E-state index is 5.35. The van der Waals surface area contributed by atoms with Gasteiger partial charge < -0.3 is 4.57 Å². The molecule has 2 aliphatic carbocycles. The summed E-state index contributed by atoms with van der Waals surface area (Å²) >= 11 is 5.35. The zero-order valence-electron chi connectivity index (χ0n) is 9.83. The Morgan fingerprint density at radius 1 is 1.44 bits per heavy atom. The Balaban J connectivity index is 1.87. The third kappa shape index (κ3) is 1.83. The summed E-state index contributed by atoms with van der Waals surface area (Å²) in [6.45, 7) is 3.46. The van der Waals surface area contributed by atoms with E-state index in [-0.39, 0.29) is 0 Å². The van der Waals surface area contributed by atoms with Gasteiger partial charge in [-0.3, -0.25) is 5.10 Å². The summed E-state index contributed by atoms with van der Waals surface area (Å²) in [7, 11) is 0. The van der Waals surface area contributed by atoms with Crippen LogP contribution in [0.3, 0.4) is 0 Å². The van der Waals surface area contributed by atoms with E-state index in [9.17, 15) is 0 Å². The van der Waals surface area contributed by atoms with Crippen LogP contribution in [0.4, 0.5) is 0 Å². The maximum atomic E-state index is 5.35. The molecule has 1 aromatic rings. The standard InChI is InChI=1S/C12H19N3S/c1-12(6-2-3-7-12)8-15-10(9-4-5-9)13-14-11(15)16/h9H,2-8H2,1H3,(H,14,16). The molecule has 0 unspecified atom stereocenters. The molecular formula is C12H19N3S. The average molecular weight is 237 g/mol. The summed E-state index contributed by atoms with van der Waals surface area (Å²) in [6, 6.07) is 0. The number of rotatable bonds is 3. The molecule has 0 bridgehead atoms. The third-order valence-electron chi connectivity index (χ3n) is 4.08. The second kappa shape index (κ2) is 3.69. The van der Waals surface area contributed by atoms with Gasteiger partial charge in [0.25, 0.3) is 0 Å². The van der Waals surface area contributed by atoms with Crippen LogP contribution >= 0.6 is 12.2 Å². The Morgan fingerprint density at radius 2 is 2.12 bits per heavy atom. The number of nitrogens with zero attached hydrogens (tertiary/aromatic N) is 2. The minimum Gasteiger partial charge on any atom is -0.303 e. The van der Waals surface area contributed by atoms with Crippen molar-refractivity contribution in [2.75, 3.05) is 0 Å². The van der Waals surface area contributed by atoms with E-state index >= 15 is 0 Å². The molecule has 3 nitrogen and oxygen atoms in total. The smallest absolute Gasteiger partial charge is 0.195 e. The lowest BCUT2D eigenvalue weighted by atomic mass is 9.89. The van der Waals surface area contributed by atoms with E-state index in [4.69, 9.17) is 12.2 Å². The van der Waals surface area contributed by atoms with Gasteiger partial charge >= 0.3 is 0 Å². The summed E-state index contributed by atoms with van der Waals surface area (Å²) in [4.78, 5) is 0. The molecule has 0 saturated heterocycles. The van der Waals surface area contributed by atoms with Crippen molar-refractivity contribution in [2.45, 2.75) is 57.9 Å². The molecule has 1 N–H and O–H groups in total. The molecule has 0 aromatic carbocycles. The summed E-state index contributed by atoms with van der Waals surface area (Å²) in [6.07, 6.45) is 8.00. The van der Waals surface area contributed by atoms with Crippen LogP contribution in [0.2, 0.25) is 0 Å². The first kappa shape index (κ1) is 10.5. The van der Waals surface area contributed by atoms with E-state index in [2.05, 4.69) is 21.7 Å². The second-order valence-electron chi connectivity index (χ2n) is 5.77. The zero-order chi connectivity index (χ0) is 11.2. The summed E-state index contributed by atoms with van der Waals surface area (Å²) in [5.41, 5.74) is 0.450. The molecule has 0 spiro atoms. The van der Waals surface area contributed by atoms with Crippen molar-refractivity contribution in [1.29, 1.82) is 0 Å². The van der Waals surface area contributed by atoms with Crippen LogP contribution in [0.5, 0.6) is 0 Å². The van der Waals surface area contributed by atoms with Crippen LogP contribution in [0.1, 0.15) is 57.2 Å². The van der Waals surface area contributed by atoms with Crippen LogP contribution in [-0.2, 0) is 6.54 Å². The van der Waals surface area contributed by atoms with Gasteiger partial charge in [-0.2, -0.15) is 5.10 Å². The van der Waals surface area contributed by atoms with Gasteiger partial charge in [0.15, 0.2) is 4.77 Å². The number of H-pyrrole nitrogens is 1. The first-order valence-electron chi connectivity index (χ1n) is 6.33. The molecule has 0 radical (unpaired) electrons. The number of aromatic nitrogens is 3. The van der Waals surface area contributed by atoms with Crippen molar-refractivity contribution < 1.29 is 0 Å². The third-order valence-corrected chi connectivity index (χ3v) is 4.39. The van der Waals surface area contributed by atoms with Gasteiger partial charge in [-0.1, -0.05) is 19.8 Å². The molecule has 88 valence electrons. The van der Waals surface area contributed by atoms with Crippen LogP contribution in [0.15, 0.2) is 0 Å². The topological polar surface area (TPSA) is 33.6 Å². The summed E-state index contributed by atoms with van der Waals surface area (Å²) in [5, 5.41) is 7.36. The molecular weight excluding hydrogens is 218 g/mol. The van der Waals surface area contributed by atoms with Crippen molar-refractivity contribution >= 4 is 12.2 Å². The number of aromatic amines is 1. The predicted octanol–water partition coefficient (Wildman–Crippen LogP) is 3.40. The van der Waals surface area contributed by atoms with Crippen molar-refractivity contribution in [3.8, 4) is 0 Å². The van der Waals surface area contributed by atoms with Gasteiger partial charge in [0, 0.05) is 12.5 Å². The fraction of sp³-hybridized carbons (Fsp3) is 0.833. The summed E-state index contributed by atoms with van der Waals surface area (Å²) < 4.78 is 3.08. The molecule has 2 aliphatic rings. The minimum atomic E-state index is 0.450. The lowest BCUT2D eigenvalue weighted by Crippen LogP contribution is -2.21. The normalized spacial score (nSPS) is 23.8. The largest absolute Gasteiger partial charge is 0.303 e. The van der Waals surface area contributed by atoms with Crippen LogP contribution in [0.25, 0.3) is 0 Å². The highest BCUT2D eigenvalue weighted by molar-refractivity contribution is 7.71. The van der Waals surface area contributed by atoms with E-state index in [1.165, 1.54) is 44.3 Å². The van der Waals surface area contributed by atoms with Crippen molar-refractivity contribution in [3.05, 3.63) is 10.6 Å². The van der Waals surface area contributed by atoms with Crippen LogP contribution < -0.4 is 0 Å². The molecule has 4 heteroatoms. The van der Waals surface area contributed by atoms with E-state index < -0.39 is 0 Å². The van der Waals surface area contributed by atoms with E-state index in [0.29, 0.717) is 11.3 Å². The Bertz CT molecular complexity index is 435. The van der Waals surface area contributed by atoms with Crippen molar-refractivity contribution in [3.63, 3.8) is 0 Å². The number of hydrogen-bond acceptors (Lipinski definition) is 2. The molecule has 2 saturated carbocycles. The highest BCUT2D eigenvalue weighted by Crippen LogP contribution is 2.42. The second-order valence-corrected chi connectivity index (χ2v) is 6.15. The van der Waals surface area contributed by atoms with Crippen LogP contribution in [0, 0.1) is 10.2 Å². The molecule has 3 rings (SSSR count). The molecule has 1 heterocycles. The fourth-order valence-electron chi connectivity index (χ4n) is 2.90. The molecule has 0 amide bonds. The highest BCUT2D eigenvalue weighted by atomic mass is 32.1. The van der Waals surface area contributed by atoms with Gasteiger partial charge in [0.1, 0.15) is 5.82 Å². The Labute approximate surface area is 101 Å². The quantitative estimate of drug-likeness (QED) is 0.817. The number of hydrogen-bond donors (Lipinski definition) is 1. The van der Waals surface area contributed by atoms with E-state index in [1.54, 1.807) is 0 Å². The monoisotopic (exact) mass is 237 g/mol. The van der Waals surface area contributed by atoms with Gasteiger partial charge in [0.2, 0.25) is 0 Å². The Kier molecular flexibility index (Phi) is 2.42. The van der Waals surface area contributed by atoms with Crippen molar-refractivity contribution in [2.24, 2.45) is 5.41 Å². The fourth-order valence-corrected chi connectivity index (χ4v) is 3.11. The zero-order valence-corrected chi connectivity index (χ0v) is 10.6. The first-order valence-corrected chi connectivity index (χ1v) is 6.74. The Hall–Kier alpha value is -0.640. The van der Waals surface area contributed by atoms with Gasteiger partial charge in [-0.15, -0.1) is 0 Å². The van der Waals surface area contributed by atoms with Gasteiger partial charge in [-0.05, 0) is 43.3 Å². The molecule has 1 aromatic heterocycles. The average Bonchev–Trinajstić information content (AvgIpc) is 2.92. The Morgan fingerprint density at radius 3 is 2.75 bits per heavy atom. The summed E-state index contributed by atoms with van der Waals surface area (Å²) in [5.74, 6) is 1.89. The predicted molar refractivity (Wildman–Crippen MR) is 66.0 cm³/mol. The SMILES string of the molecule is CC1(Cn2c(C3CC3)n[nH]c2=S)CCCC1. The number of nitrogens with one attached hydrogen (secondary N) is 1. The molecule has 0 atom stereocenters. The lowest BCUT2D eigenvalue weighted by molar-refractivity contribution is 0.276. The van der Waals surface area contributed by atoms with Gasteiger partial charge in [-0.25, -0.2) is 0 Å². The van der Waals surface area contributed by atoms with E-state index in [1.807, 2.05) is 0 Å². The minimum absolute atomic E-state index is 0.450. The van der Waals surface area contributed by atoms with Crippen molar-refractivity contribution in [1.82, 2.24) is 14.8 Å². The molecule has 0 aliphatic heterocycles. The van der Waals surface area contributed by atoms with E-state index in [0.717, 1.165) is 11.3 Å².